The number of nitrogens with two attached hydrogens (primary N) is 1. The smallest absolute Gasteiger partial charge is 0.189 e. The van der Waals surface area contributed by atoms with Gasteiger partial charge in [-0.25, -0.2) is 4.68 Å². The predicted octanol–water partition coefficient (Wildman–Crippen LogP) is 3.14. The maximum Gasteiger partial charge on any atom is 0.189 e. The first-order chi connectivity index (χ1) is 9.84. The quantitative estimate of drug-likeness (QED) is 0.921. The Hall–Kier alpha value is -1.85. The van der Waals surface area contributed by atoms with Crippen LogP contribution in [0.1, 0.15) is 45.2 Å². The number of ether oxygens (including phenoxy) is 2. The van der Waals surface area contributed by atoms with Crippen molar-refractivity contribution in [1.82, 2.24) is 9.78 Å². The van der Waals surface area contributed by atoms with Crippen LogP contribution >= 0.6 is 0 Å². The van der Waals surface area contributed by atoms with E-state index in [2.05, 4.69) is 25.9 Å². The van der Waals surface area contributed by atoms with Crippen LogP contribution in [0.25, 0.3) is 5.69 Å². The number of rotatable bonds is 2. The number of aromatic nitrogens is 2. The van der Waals surface area contributed by atoms with Crippen molar-refractivity contribution in [2.45, 2.75) is 45.7 Å². The van der Waals surface area contributed by atoms with Gasteiger partial charge in [0.15, 0.2) is 12.6 Å². The van der Waals surface area contributed by atoms with Crippen LogP contribution in [0.5, 0.6) is 0 Å². The molecule has 1 fully saturated rings. The Labute approximate surface area is 124 Å². The van der Waals surface area contributed by atoms with Crippen molar-refractivity contribution in [3.8, 4) is 5.69 Å². The third-order valence-electron chi connectivity index (χ3n) is 3.52. The second-order valence-electron chi connectivity index (χ2n) is 6.38. The van der Waals surface area contributed by atoms with Gasteiger partial charge in [-0.3, -0.25) is 0 Å². The lowest BCUT2D eigenvalue weighted by molar-refractivity contribution is -0.382. The van der Waals surface area contributed by atoms with Crippen molar-refractivity contribution in [2.75, 3.05) is 5.73 Å². The van der Waals surface area contributed by atoms with Gasteiger partial charge in [0.2, 0.25) is 0 Å². The normalized spacial score (nSPS) is 22.1. The average molecular weight is 287 g/mol. The van der Waals surface area contributed by atoms with Crippen LogP contribution in [0.2, 0.25) is 0 Å². The molecule has 2 N–H and O–H groups in total. The Bertz CT molecular complexity index is 652. The molecule has 5 heteroatoms. The number of hydrogen-bond acceptors (Lipinski definition) is 4. The number of hydrogen-bond donors (Lipinski definition) is 1. The Balaban J connectivity index is 1.94. The molecule has 0 amide bonds. The molecule has 2 heterocycles. The summed E-state index contributed by atoms with van der Waals surface area (Å²) in [6.45, 7) is 8.23. The average Bonchev–Trinajstić information content (AvgIpc) is 2.77. The minimum atomic E-state index is -0.293. The largest absolute Gasteiger partial charge is 0.384 e. The lowest BCUT2D eigenvalue weighted by Gasteiger charge is -2.34. The van der Waals surface area contributed by atoms with Crippen LogP contribution < -0.4 is 5.73 Å². The fourth-order valence-corrected chi connectivity index (χ4v) is 2.29. The van der Waals surface area contributed by atoms with Gasteiger partial charge in [0.05, 0.1) is 11.4 Å². The maximum atomic E-state index is 6.10. The van der Waals surface area contributed by atoms with E-state index in [1.165, 1.54) is 0 Å². The number of anilines is 1. The molecule has 21 heavy (non-hydrogen) atoms. The molecule has 0 atom stereocenters. The lowest BCUT2D eigenvalue weighted by Crippen LogP contribution is -2.31. The van der Waals surface area contributed by atoms with Gasteiger partial charge in [-0.15, -0.1) is 0 Å². The zero-order valence-electron chi connectivity index (χ0n) is 12.8. The van der Waals surface area contributed by atoms with Crippen LogP contribution in [0, 0.1) is 0 Å². The third-order valence-corrected chi connectivity index (χ3v) is 3.52. The van der Waals surface area contributed by atoms with Gasteiger partial charge in [-0.2, -0.15) is 5.10 Å². The van der Waals surface area contributed by atoms with Crippen LogP contribution in [0.4, 0.5) is 5.82 Å². The van der Waals surface area contributed by atoms with E-state index in [9.17, 15) is 0 Å². The molecule has 112 valence electrons. The molecule has 1 aliphatic heterocycles. The van der Waals surface area contributed by atoms with Crippen molar-refractivity contribution in [3.63, 3.8) is 0 Å². The Kier molecular flexibility index (Phi) is 3.26. The van der Waals surface area contributed by atoms with Gasteiger partial charge in [0.1, 0.15) is 5.82 Å². The summed E-state index contributed by atoms with van der Waals surface area (Å²) in [5.74, 6) is 0.626. The topological polar surface area (TPSA) is 62.3 Å². The molecular weight excluding hydrogens is 266 g/mol. The van der Waals surface area contributed by atoms with E-state index in [1.54, 1.807) is 4.68 Å². The minimum Gasteiger partial charge on any atom is -0.384 e. The summed E-state index contributed by atoms with van der Waals surface area (Å²) in [6.07, 6.45) is -0.431. The second kappa shape index (κ2) is 4.86. The van der Waals surface area contributed by atoms with Crippen molar-refractivity contribution >= 4 is 5.82 Å². The van der Waals surface area contributed by atoms with Crippen LogP contribution in [-0.2, 0) is 14.9 Å². The molecule has 0 saturated carbocycles. The molecule has 0 unspecified atom stereocenters. The Morgan fingerprint density at radius 1 is 1.19 bits per heavy atom. The van der Waals surface area contributed by atoms with Crippen molar-refractivity contribution in [3.05, 3.63) is 41.6 Å². The zero-order chi connectivity index (χ0) is 15.2. The fraction of sp³-hybridized carbons (Fsp3) is 0.438. The van der Waals surface area contributed by atoms with Gasteiger partial charge in [0.25, 0.3) is 0 Å². The molecule has 1 aromatic heterocycles. The van der Waals surface area contributed by atoms with Gasteiger partial charge in [-0.1, -0.05) is 32.9 Å². The highest BCUT2D eigenvalue weighted by atomic mass is 16.9. The van der Waals surface area contributed by atoms with Crippen LogP contribution in [0.3, 0.4) is 0 Å². The molecule has 0 spiro atoms. The molecular formula is C16H21N3O2. The SMILES string of the molecule is CC1OC(c2cccc(-n3nc(C(C)(C)C)cc3N)c2)O1. The van der Waals surface area contributed by atoms with E-state index < -0.39 is 0 Å². The molecule has 0 bridgehead atoms. The van der Waals surface area contributed by atoms with Crippen LogP contribution in [-0.4, -0.2) is 16.1 Å². The highest BCUT2D eigenvalue weighted by Gasteiger charge is 2.28. The molecule has 2 aromatic rings. The summed E-state index contributed by atoms with van der Waals surface area (Å²) in [5.41, 5.74) is 8.92. The summed E-state index contributed by atoms with van der Waals surface area (Å²) in [4.78, 5) is 0. The molecule has 1 aromatic carbocycles. The molecule has 0 radical (unpaired) electrons. The third kappa shape index (κ3) is 2.66. The highest BCUT2D eigenvalue weighted by molar-refractivity contribution is 5.45. The summed E-state index contributed by atoms with van der Waals surface area (Å²) >= 11 is 0. The van der Waals surface area contributed by atoms with E-state index in [1.807, 2.05) is 37.3 Å². The second-order valence-corrected chi connectivity index (χ2v) is 6.38. The zero-order valence-corrected chi connectivity index (χ0v) is 12.8. The van der Waals surface area contributed by atoms with Crippen molar-refractivity contribution in [1.29, 1.82) is 0 Å². The minimum absolute atomic E-state index is 0.0351. The summed E-state index contributed by atoms with van der Waals surface area (Å²) in [5, 5.41) is 4.62. The Morgan fingerprint density at radius 2 is 1.90 bits per heavy atom. The predicted molar refractivity (Wildman–Crippen MR) is 81.0 cm³/mol. The first-order valence-corrected chi connectivity index (χ1v) is 7.12. The van der Waals surface area contributed by atoms with Gasteiger partial charge in [-0.05, 0) is 19.1 Å². The van der Waals surface area contributed by atoms with E-state index in [0.717, 1.165) is 16.9 Å². The van der Waals surface area contributed by atoms with Crippen LogP contribution in [0.15, 0.2) is 30.3 Å². The summed E-state index contributed by atoms with van der Waals surface area (Å²) < 4.78 is 12.8. The number of nitrogens with zero attached hydrogens (tertiary/aromatic N) is 2. The van der Waals surface area contributed by atoms with Gasteiger partial charge in [0, 0.05) is 17.0 Å². The number of nitrogen functional groups attached to an aromatic ring is 1. The summed E-state index contributed by atoms with van der Waals surface area (Å²) in [6, 6.07) is 9.82. The molecule has 0 aliphatic carbocycles. The first-order valence-electron chi connectivity index (χ1n) is 7.12. The molecule has 1 saturated heterocycles. The van der Waals surface area contributed by atoms with E-state index in [4.69, 9.17) is 15.2 Å². The van der Waals surface area contributed by atoms with E-state index in [-0.39, 0.29) is 18.0 Å². The van der Waals surface area contributed by atoms with Gasteiger partial charge < -0.3 is 15.2 Å². The maximum absolute atomic E-state index is 6.10. The molecule has 3 rings (SSSR count). The number of benzene rings is 1. The first kappa shape index (κ1) is 14.1. The molecule has 1 aliphatic rings. The molecule has 5 nitrogen and oxygen atoms in total. The van der Waals surface area contributed by atoms with E-state index >= 15 is 0 Å². The summed E-state index contributed by atoms with van der Waals surface area (Å²) in [7, 11) is 0. The van der Waals surface area contributed by atoms with E-state index in [0.29, 0.717) is 5.82 Å². The lowest BCUT2D eigenvalue weighted by atomic mass is 9.92. The van der Waals surface area contributed by atoms with Crippen molar-refractivity contribution in [2.24, 2.45) is 0 Å². The Morgan fingerprint density at radius 3 is 2.48 bits per heavy atom. The van der Waals surface area contributed by atoms with Gasteiger partial charge >= 0.3 is 0 Å². The monoisotopic (exact) mass is 287 g/mol. The highest BCUT2D eigenvalue weighted by Crippen LogP contribution is 2.32. The van der Waals surface area contributed by atoms with Crippen molar-refractivity contribution < 1.29 is 9.47 Å². The standard InChI is InChI=1S/C16H21N3O2/c1-10-20-15(21-10)11-6-5-7-12(8-11)19-14(17)9-13(18-19)16(2,3)4/h5-10,15H,17H2,1-4H3. The fourth-order valence-electron chi connectivity index (χ4n) is 2.29.